The average molecular weight is 350 g/mol. The molecule has 2 aromatic carbocycles. The second-order valence-electron chi connectivity index (χ2n) is 5.93. The Morgan fingerprint density at radius 2 is 1.69 bits per heavy atom. The van der Waals surface area contributed by atoms with Crippen molar-refractivity contribution in [1.29, 1.82) is 0 Å². The SMILES string of the molecule is Cc1ccc(Nc2ccc(C(=O)NCCc3ccc(F)cc3)nn2)cc1. The fraction of sp³-hybridized carbons (Fsp3) is 0.150. The number of anilines is 2. The number of hydrogen-bond donors (Lipinski definition) is 2. The molecule has 3 rings (SSSR count). The third-order valence-electron chi connectivity index (χ3n) is 3.83. The van der Waals surface area contributed by atoms with Crippen molar-refractivity contribution in [2.45, 2.75) is 13.3 Å². The van der Waals surface area contributed by atoms with Crippen molar-refractivity contribution in [2.24, 2.45) is 0 Å². The van der Waals surface area contributed by atoms with Gasteiger partial charge in [0.05, 0.1) is 0 Å². The van der Waals surface area contributed by atoms with E-state index >= 15 is 0 Å². The van der Waals surface area contributed by atoms with Gasteiger partial charge in [-0.05, 0) is 55.3 Å². The highest BCUT2D eigenvalue weighted by molar-refractivity contribution is 5.92. The summed E-state index contributed by atoms with van der Waals surface area (Å²) in [4.78, 5) is 12.1. The van der Waals surface area contributed by atoms with Gasteiger partial charge in [-0.3, -0.25) is 4.79 Å². The summed E-state index contributed by atoms with van der Waals surface area (Å²) in [5.74, 6) is 0.00519. The van der Waals surface area contributed by atoms with Crippen LogP contribution in [0.25, 0.3) is 0 Å². The summed E-state index contributed by atoms with van der Waals surface area (Å²) in [6.45, 7) is 2.46. The average Bonchev–Trinajstić information content (AvgIpc) is 2.66. The number of benzene rings is 2. The first kappa shape index (κ1) is 17.5. The van der Waals surface area contributed by atoms with E-state index in [0.29, 0.717) is 18.8 Å². The number of nitrogens with one attached hydrogen (secondary N) is 2. The number of nitrogens with zero attached hydrogens (tertiary/aromatic N) is 2. The van der Waals surface area contributed by atoms with Gasteiger partial charge in [0.25, 0.3) is 5.91 Å². The summed E-state index contributed by atoms with van der Waals surface area (Å²) in [5.41, 5.74) is 3.28. The third-order valence-corrected chi connectivity index (χ3v) is 3.83. The molecule has 6 heteroatoms. The Balaban J connectivity index is 1.51. The van der Waals surface area contributed by atoms with Gasteiger partial charge in [0.2, 0.25) is 0 Å². The van der Waals surface area contributed by atoms with Crippen molar-refractivity contribution in [3.8, 4) is 0 Å². The van der Waals surface area contributed by atoms with E-state index in [-0.39, 0.29) is 17.4 Å². The van der Waals surface area contributed by atoms with Gasteiger partial charge in [-0.2, -0.15) is 0 Å². The highest BCUT2D eigenvalue weighted by Crippen LogP contribution is 2.14. The smallest absolute Gasteiger partial charge is 0.271 e. The predicted octanol–water partition coefficient (Wildman–Crippen LogP) is 3.64. The van der Waals surface area contributed by atoms with Crippen LogP contribution in [-0.4, -0.2) is 22.6 Å². The topological polar surface area (TPSA) is 66.9 Å². The minimum atomic E-state index is -0.290. The van der Waals surface area contributed by atoms with Crippen LogP contribution in [0.1, 0.15) is 21.6 Å². The van der Waals surface area contributed by atoms with Crippen molar-refractivity contribution in [2.75, 3.05) is 11.9 Å². The van der Waals surface area contributed by atoms with Crippen LogP contribution in [0, 0.1) is 12.7 Å². The normalized spacial score (nSPS) is 10.4. The van der Waals surface area contributed by atoms with Crippen molar-refractivity contribution in [1.82, 2.24) is 15.5 Å². The maximum Gasteiger partial charge on any atom is 0.271 e. The molecule has 132 valence electrons. The fourth-order valence-electron chi connectivity index (χ4n) is 2.37. The van der Waals surface area contributed by atoms with Gasteiger partial charge in [-0.1, -0.05) is 29.8 Å². The van der Waals surface area contributed by atoms with Gasteiger partial charge < -0.3 is 10.6 Å². The lowest BCUT2D eigenvalue weighted by molar-refractivity contribution is 0.0948. The quantitative estimate of drug-likeness (QED) is 0.712. The predicted molar refractivity (Wildman–Crippen MR) is 98.9 cm³/mol. The van der Waals surface area contributed by atoms with E-state index in [1.807, 2.05) is 31.2 Å². The molecule has 0 fully saturated rings. The maximum absolute atomic E-state index is 12.9. The molecule has 0 aliphatic carbocycles. The van der Waals surface area contributed by atoms with E-state index in [0.717, 1.165) is 11.3 Å². The Morgan fingerprint density at radius 3 is 2.35 bits per heavy atom. The maximum atomic E-state index is 12.9. The molecule has 5 nitrogen and oxygen atoms in total. The Labute approximate surface area is 151 Å². The molecule has 0 aliphatic rings. The van der Waals surface area contributed by atoms with Crippen LogP contribution in [0.3, 0.4) is 0 Å². The lowest BCUT2D eigenvalue weighted by Crippen LogP contribution is -2.26. The molecule has 0 bridgehead atoms. The second kappa shape index (κ2) is 8.20. The molecule has 0 radical (unpaired) electrons. The lowest BCUT2D eigenvalue weighted by Gasteiger charge is -2.07. The van der Waals surface area contributed by atoms with Gasteiger partial charge in [0.1, 0.15) is 5.82 Å². The number of aromatic nitrogens is 2. The minimum absolute atomic E-state index is 0.249. The molecule has 3 aromatic rings. The minimum Gasteiger partial charge on any atom is -0.350 e. The highest BCUT2D eigenvalue weighted by atomic mass is 19.1. The summed E-state index contributed by atoms with van der Waals surface area (Å²) in [6.07, 6.45) is 0.618. The van der Waals surface area contributed by atoms with Gasteiger partial charge in [-0.25, -0.2) is 4.39 Å². The van der Waals surface area contributed by atoms with Crippen LogP contribution < -0.4 is 10.6 Å². The molecule has 26 heavy (non-hydrogen) atoms. The standard InChI is InChI=1S/C20H19FN4O/c1-14-2-8-17(9-3-14)23-19-11-10-18(24-25-19)20(26)22-13-12-15-4-6-16(21)7-5-15/h2-11H,12-13H2,1H3,(H,22,26)(H,23,25). The van der Waals surface area contributed by atoms with Crippen LogP contribution in [0.2, 0.25) is 0 Å². The number of rotatable bonds is 6. The van der Waals surface area contributed by atoms with E-state index in [1.165, 1.54) is 17.7 Å². The molecule has 0 unspecified atom stereocenters. The van der Waals surface area contributed by atoms with E-state index in [9.17, 15) is 9.18 Å². The zero-order valence-electron chi connectivity index (χ0n) is 14.4. The van der Waals surface area contributed by atoms with Gasteiger partial charge >= 0.3 is 0 Å². The third kappa shape index (κ3) is 4.86. The number of carbonyl (C=O) groups excluding carboxylic acids is 1. The Kier molecular flexibility index (Phi) is 5.53. The molecular formula is C20H19FN4O. The Hall–Kier alpha value is -3.28. The van der Waals surface area contributed by atoms with Gasteiger partial charge in [-0.15, -0.1) is 10.2 Å². The van der Waals surface area contributed by atoms with E-state index in [1.54, 1.807) is 24.3 Å². The fourth-order valence-corrected chi connectivity index (χ4v) is 2.37. The molecule has 2 N–H and O–H groups in total. The van der Waals surface area contributed by atoms with Crippen molar-refractivity contribution in [3.63, 3.8) is 0 Å². The second-order valence-corrected chi connectivity index (χ2v) is 5.93. The number of carbonyl (C=O) groups is 1. The first-order chi connectivity index (χ1) is 12.6. The molecule has 0 saturated carbocycles. The van der Waals surface area contributed by atoms with E-state index in [2.05, 4.69) is 20.8 Å². The summed E-state index contributed by atoms with van der Waals surface area (Å²) in [5, 5.41) is 13.9. The lowest BCUT2D eigenvalue weighted by atomic mass is 10.1. The highest BCUT2D eigenvalue weighted by Gasteiger charge is 2.08. The zero-order valence-corrected chi connectivity index (χ0v) is 14.4. The number of halogens is 1. The zero-order chi connectivity index (χ0) is 18.4. The molecule has 0 atom stereocenters. The first-order valence-corrected chi connectivity index (χ1v) is 8.30. The molecule has 1 amide bonds. The summed E-state index contributed by atoms with van der Waals surface area (Å²) in [7, 11) is 0. The van der Waals surface area contributed by atoms with E-state index < -0.39 is 0 Å². The van der Waals surface area contributed by atoms with Gasteiger partial charge in [0, 0.05) is 12.2 Å². The Bertz CT molecular complexity index is 862. The van der Waals surface area contributed by atoms with Crippen molar-refractivity contribution >= 4 is 17.4 Å². The molecule has 0 aliphatic heterocycles. The number of aryl methyl sites for hydroxylation is 1. The van der Waals surface area contributed by atoms with Crippen LogP contribution in [0.15, 0.2) is 60.7 Å². The van der Waals surface area contributed by atoms with Crippen molar-refractivity contribution in [3.05, 3.63) is 83.3 Å². The van der Waals surface area contributed by atoms with Crippen LogP contribution in [-0.2, 0) is 6.42 Å². The van der Waals surface area contributed by atoms with Crippen molar-refractivity contribution < 1.29 is 9.18 Å². The number of amides is 1. The Morgan fingerprint density at radius 1 is 0.962 bits per heavy atom. The van der Waals surface area contributed by atoms with Gasteiger partial charge in [0.15, 0.2) is 11.5 Å². The van der Waals surface area contributed by atoms with E-state index in [4.69, 9.17) is 0 Å². The van der Waals surface area contributed by atoms with Crippen LogP contribution in [0.4, 0.5) is 15.9 Å². The molecule has 0 spiro atoms. The number of hydrogen-bond acceptors (Lipinski definition) is 4. The molecule has 1 aromatic heterocycles. The molecule has 1 heterocycles. The monoisotopic (exact) mass is 350 g/mol. The van der Waals surface area contributed by atoms with Crippen LogP contribution >= 0.6 is 0 Å². The first-order valence-electron chi connectivity index (χ1n) is 8.30. The summed E-state index contributed by atoms with van der Waals surface area (Å²) >= 11 is 0. The van der Waals surface area contributed by atoms with Crippen LogP contribution in [0.5, 0.6) is 0 Å². The largest absolute Gasteiger partial charge is 0.350 e. The molecule has 0 saturated heterocycles. The summed E-state index contributed by atoms with van der Waals surface area (Å²) < 4.78 is 12.9. The summed E-state index contributed by atoms with van der Waals surface area (Å²) in [6, 6.07) is 17.4. The molecular weight excluding hydrogens is 331 g/mol.